The second-order valence-corrected chi connectivity index (χ2v) is 6.60. The van der Waals surface area contributed by atoms with E-state index in [0.717, 1.165) is 5.56 Å². The first-order valence-corrected chi connectivity index (χ1v) is 7.83. The third kappa shape index (κ3) is 1.70. The summed E-state index contributed by atoms with van der Waals surface area (Å²) in [7, 11) is 0. The number of rotatable bonds is 3. The first-order chi connectivity index (χ1) is 11.6. The summed E-state index contributed by atoms with van der Waals surface area (Å²) in [4.78, 5) is 25.9. The molecule has 4 heterocycles. The number of carbonyl (C=O) groups excluding carboxylic acids is 2. The highest BCUT2D eigenvalue weighted by Crippen LogP contribution is 2.51. The van der Waals surface area contributed by atoms with Gasteiger partial charge in [-0.15, -0.1) is 0 Å². The van der Waals surface area contributed by atoms with E-state index in [9.17, 15) is 14.7 Å². The fourth-order valence-corrected chi connectivity index (χ4v) is 4.24. The lowest BCUT2D eigenvalue weighted by Gasteiger charge is -2.24. The van der Waals surface area contributed by atoms with E-state index in [4.69, 9.17) is 14.2 Å². The monoisotopic (exact) mass is 328 g/mol. The lowest BCUT2D eigenvalue weighted by molar-refractivity contribution is -0.313. The van der Waals surface area contributed by atoms with Crippen LogP contribution >= 0.6 is 0 Å². The number of amides is 1. The molecule has 0 radical (unpaired) electrons. The van der Waals surface area contributed by atoms with E-state index >= 15 is 0 Å². The summed E-state index contributed by atoms with van der Waals surface area (Å²) >= 11 is 0. The number of aliphatic carboxylic acids is 1. The fraction of sp³-hybridized carbons (Fsp3) is 0.412. The SMILES string of the molecule is O=C([O-])[C@@H]1[C@H]2C(=O)N(Cc3ccc4c(c3)OCO4)C[C@]23C=C[C@H]1O3. The number of benzene rings is 1. The maximum absolute atomic E-state index is 12.8. The molecule has 7 nitrogen and oxygen atoms in total. The van der Waals surface area contributed by atoms with Gasteiger partial charge in [0, 0.05) is 18.4 Å². The number of hydrogen-bond donors (Lipinski definition) is 0. The smallest absolute Gasteiger partial charge is 0.231 e. The van der Waals surface area contributed by atoms with E-state index in [1.807, 2.05) is 24.3 Å². The molecule has 7 heteroatoms. The molecular weight excluding hydrogens is 314 g/mol. The Kier molecular flexibility index (Phi) is 2.60. The number of likely N-dealkylation sites (tertiary alicyclic amines) is 1. The van der Waals surface area contributed by atoms with Crippen molar-refractivity contribution in [2.75, 3.05) is 13.3 Å². The van der Waals surface area contributed by atoms with Crippen LogP contribution in [0.1, 0.15) is 5.56 Å². The Morgan fingerprint density at radius 1 is 1.33 bits per heavy atom. The predicted octanol–water partition coefficient (Wildman–Crippen LogP) is -0.553. The van der Waals surface area contributed by atoms with Crippen LogP contribution in [0.4, 0.5) is 0 Å². The van der Waals surface area contributed by atoms with Crippen LogP contribution in [0.3, 0.4) is 0 Å². The van der Waals surface area contributed by atoms with Crippen LogP contribution in [0.5, 0.6) is 11.5 Å². The lowest BCUT2D eigenvalue weighted by Crippen LogP contribution is -2.45. The van der Waals surface area contributed by atoms with E-state index in [1.165, 1.54) is 0 Å². The fourth-order valence-electron chi connectivity index (χ4n) is 4.24. The van der Waals surface area contributed by atoms with Gasteiger partial charge in [0.15, 0.2) is 11.5 Å². The van der Waals surface area contributed by atoms with Crippen molar-refractivity contribution in [1.29, 1.82) is 0 Å². The molecule has 1 amide bonds. The van der Waals surface area contributed by atoms with Crippen molar-refractivity contribution in [2.45, 2.75) is 18.2 Å². The van der Waals surface area contributed by atoms with Gasteiger partial charge in [0.05, 0.1) is 18.6 Å². The topological polar surface area (TPSA) is 88.1 Å². The minimum atomic E-state index is -1.23. The molecule has 0 aliphatic carbocycles. The van der Waals surface area contributed by atoms with Crippen LogP contribution in [-0.4, -0.2) is 41.8 Å². The minimum Gasteiger partial charge on any atom is -0.550 e. The van der Waals surface area contributed by atoms with Gasteiger partial charge >= 0.3 is 0 Å². The Labute approximate surface area is 137 Å². The predicted molar refractivity (Wildman–Crippen MR) is 76.7 cm³/mol. The average Bonchev–Trinajstić information content (AvgIpc) is 3.28. The van der Waals surface area contributed by atoms with Crippen LogP contribution in [0.25, 0.3) is 0 Å². The third-order valence-corrected chi connectivity index (χ3v) is 5.26. The number of ether oxygens (including phenoxy) is 3. The normalized spacial score (nSPS) is 34.9. The number of nitrogens with zero attached hydrogens (tertiary/aromatic N) is 1. The molecule has 2 saturated heterocycles. The Bertz CT molecular complexity index is 789. The molecule has 4 atom stereocenters. The van der Waals surface area contributed by atoms with Crippen LogP contribution in [0.15, 0.2) is 30.4 Å². The number of carbonyl (C=O) groups is 2. The van der Waals surface area contributed by atoms with Crippen molar-refractivity contribution < 1.29 is 28.9 Å². The van der Waals surface area contributed by atoms with Gasteiger partial charge < -0.3 is 29.0 Å². The molecule has 4 aliphatic heterocycles. The molecule has 0 aromatic heterocycles. The van der Waals surface area contributed by atoms with Gasteiger partial charge in [-0.2, -0.15) is 0 Å². The number of carboxylic acids is 1. The summed E-state index contributed by atoms with van der Waals surface area (Å²) in [6, 6.07) is 5.52. The third-order valence-electron chi connectivity index (χ3n) is 5.26. The molecular formula is C17H14NO6-. The van der Waals surface area contributed by atoms with Gasteiger partial charge in [-0.1, -0.05) is 18.2 Å². The Hall–Kier alpha value is -2.54. The van der Waals surface area contributed by atoms with E-state index < -0.39 is 29.5 Å². The van der Waals surface area contributed by atoms with Gasteiger partial charge in [-0.25, -0.2) is 0 Å². The molecule has 4 aliphatic rings. The zero-order valence-corrected chi connectivity index (χ0v) is 12.6. The molecule has 0 saturated carbocycles. The van der Waals surface area contributed by atoms with Crippen molar-refractivity contribution >= 4 is 11.9 Å². The number of hydrogen-bond acceptors (Lipinski definition) is 6. The molecule has 2 bridgehead atoms. The molecule has 1 aromatic carbocycles. The summed E-state index contributed by atoms with van der Waals surface area (Å²) in [5, 5.41) is 11.4. The van der Waals surface area contributed by atoms with Gasteiger partial charge in [-0.05, 0) is 17.7 Å². The molecule has 0 N–H and O–H groups in total. The molecule has 1 aromatic rings. The summed E-state index contributed by atoms with van der Waals surface area (Å²) in [5.41, 5.74) is 0.0653. The van der Waals surface area contributed by atoms with Crippen molar-refractivity contribution in [2.24, 2.45) is 11.8 Å². The lowest BCUT2D eigenvalue weighted by atomic mass is 9.77. The van der Waals surface area contributed by atoms with E-state index in [0.29, 0.717) is 24.6 Å². The van der Waals surface area contributed by atoms with Crippen molar-refractivity contribution in [3.8, 4) is 11.5 Å². The molecule has 0 unspecified atom stereocenters. The maximum atomic E-state index is 12.8. The quantitative estimate of drug-likeness (QED) is 0.692. The first kappa shape index (κ1) is 13.9. The van der Waals surface area contributed by atoms with Gasteiger partial charge in [0.2, 0.25) is 12.7 Å². The molecule has 1 spiro atoms. The highest BCUT2D eigenvalue weighted by molar-refractivity contribution is 5.90. The van der Waals surface area contributed by atoms with Gasteiger partial charge in [-0.3, -0.25) is 4.79 Å². The van der Waals surface area contributed by atoms with E-state index in [-0.39, 0.29) is 12.7 Å². The van der Waals surface area contributed by atoms with Crippen molar-refractivity contribution in [1.82, 2.24) is 4.90 Å². The summed E-state index contributed by atoms with van der Waals surface area (Å²) in [6.07, 6.45) is 3.00. The zero-order chi connectivity index (χ0) is 16.5. The largest absolute Gasteiger partial charge is 0.550 e. The maximum Gasteiger partial charge on any atom is 0.231 e. The van der Waals surface area contributed by atoms with Gasteiger partial charge in [0.1, 0.15) is 5.60 Å². The van der Waals surface area contributed by atoms with E-state index in [2.05, 4.69) is 0 Å². The Morgan fingerprint density at radius 3 is 3.00 bits per heavy atom. The summed E-state index contributed by atoms with van der Waals surface area (Å²) < 4.78 is 16.5. The molecule has 124 valence electrons. The van der Waals surface area contributed by atoms with Crippen LogP contribution in [0, 0.1) is 11.8 Å². The second-order valence-electron chi connectivity index (χ2n) is 6.60. The van der Waals surface area contributed by atoms with Gasteiger partial charge in [0.25, 0.3) is 0 Å². The van der Waals surface area contributed by atoms with Crippen LogP contribution < -0.4 is 14.6 Å². The Balaban J connectivity index is 1.42. The first-order valence-electron chi connectivity index (χ1n) is 7.83. The number of carboxylic acid groups (broad SMARTS) is 1. The average molecular weight is 328 g/mol. The standard InChI is InChI=1S/C17H15NO6/c19-15-14-13(16(20)21)11-3-4-17(14,24-11)7-18(15)6-9-1-2-10-12(5-9)23-8-22-10/h1-5,11,13-14H,6-8H2,(H,20,21)/p-1/t11-,13+,14+,17-/m1/s1. The van der Waals surface area contributed by atoms with Crippen LogP contribution in [-0.2, 0) is 20.9 Å². The Morgan fingerprint density at radius 2 is 2.17 bits per heavy atom. The molecule has 2 fully saturated rings. The van der Waals surface area contributed by atoms with Crippen molar-refractivity contribution in [3.63, 3.8) is 0 Å². The minimum absolute atomic E-state index is 0.194. The number of fused-ring (bicyclic) bond motifs is 2. The summed E-state index contributed by atoms with van der Waals surface area (Å²) in [6.45, 7) is 0.914. The van der Waals surface area contributed by atoms with Crippen LogP contribution in [0.2, 0.25) is 0 Å². The zero-order valence-electron chi connectivity index (χ0n) is 12.6. The summed E-state index contributed by atoms with van der Waals surface area (Å²) in [5.74, 6) is -1.70. The highest BCUT2D eigenvalue weighted by atomic mass is 16.7. The van der Waals surface area contributed by atoms with E-state index in [1.54, 1.807) is 11.0 Å². The van der Waals surface area contributed by atoms with Crippen molar-refractivity contribution in [3.05, 3.63) is 35.9 Å². The second kappa shape index (κ2) is 4.51. The molecule has 24 heavy (non-hydrogen) atoms. The molecule has 5 rings (SSSR count). The highest BCUT2D eigenvalue weighted by Gasteiger charge is 2.65.